The molecular formula is C16H20F3N2O-. The number of fused-ring (bicyclic) bond motifs is 1. The minimum atomic E-state index is -4.65. The molecule has 0 radical (unpaired) electrons. The van der Waals surface area contributed by atoms with Gasteiger partial charge in [0.2, 0.25) is 0 Å². The van der Waals surface area contributed by atoms with Gasteiger partial charge in [-0.1, -0.05) is 30.5 Å². The van der Waals surface area contributed by atoms with Gasteiger partial charge in [-0.15, -0.1) is 26.3 Å². The Morgan fingerprint density at radius 3 is 2.64 bits per heavy atom. The van der Waals surface area contributed by atoms with Crippen LogP contribution in [-0.2, 0) is 6.54 Å². The lowest BCUT2D eigenvalue weighted by Gasteiger charge is -2.23. The first-order valence-corrected chi connectivity index (χ1v) is 7.66. The molecule has 0 spiro atoms. The highest BCUT2D eigenvalue weighted by Crippen LogP contribution is 2.52. The summed E-state index contributed by atoms with van der Waals surface area (Å²) in [6.45, 7) is 6.91. The Kier molecular flexibility index (Phi) is 4.32. The van der Waals surface area contributed by atoms with Gasteiger partial charge in [-0.2, -0.15) is 0 Å². The molecule has 2 fully saturated rings. The summed E-state index contributed by atoms with van der Waals surface area (Å²) in [6.07, 6.45) is -4.65. The molecule has 0 bridgehead atoms. The second-order valence-electron chi connectivity index (χ2n) is 6.10. The zero-order valence-electron chi connectivity index (χ0n) is 12.5. The van der Waals surface area contributed by atoms with E-state index in [4.69, 9.17) is 0 Å². The summed E-state index contributed by atoms with van der Waals surface area (Å²) in [5.74, 6) is 2.06. The lowest BCUT2D eigenvalue weighted by Crippen LogP contribution is -2.24. The maximum Gasteiger partial charge on any atom is 0.573 e. The summed E-state index contributed by atoms with van der Waals surface area (Å²) in [7, 11) is 0. The van der Waals surface area contributed by atoms with E-state index in [0.29, 0.717) is 12.5 Å². The Morgan fingerprint density at radius 2 is 2.00 bits per heavy atom. The molecule has 1 aliphatic heterocycles. The van der Waals surface area contributed by atoms with Crippen molar-refractivity contribution in [2.75, 3.05) is 26.2 Å². The summed E-state index contributed by atoms with van der Waals surface area (Å²) in [5, 5.41) is 4.52. The summed E-state index contributed by atoms with van der Waals surface area (Å²) < 4.78 is 40.5. The van der Waals surface area contributed by atoms with Crippen LogP contribution in [0.3, 0.4) is 0 Å². The van der Waals surface area contributed by atoms with Gasteiger partial charge in [0.15, 0.2) is 0 Å². The standard InChI is InChI=1S/C16H20F3N2O/c1-2-21-9-14-13(15(14)10-21)8-20-7-11-4-3-5-12(6-11)22-16(17,18)19/h3-6,13-15H,2,7-10H2,1H3/q-1. The van der Waals surface area contributed by atoms with Gasteiger partial charge >= 0.3 is 6.36 Å². The van der Waals surface area contributed by atoms with E-state index < -0.39 is 6.36 Å². The van der Waals surface area contributed by atoms with Gasteiger partial charge in [0, 0.05) is 13.1 Å². The molecule has 3 rings (SSSR count). The van der Waals surface area contributed by atoms with Crippen LogP contribution in [0.4, 0.5) is 13.2 Å². The maximum absolute atomic E-state index is 12.2. The Morgan fingerprint density at radius 1 is 1.27 bits per heavy atom. The molecule has 6 heteroatoms. The Bertz CT molecular complexity index is 508. The summed E-state index contributed by atoms with van der Waals surface area (Å²) in [6, 6.07) is 6.06. The van der Waals surface area contributed by atoms with Crippen LogP contribution in [-0.4, -0.2) is 37.4 Å². The third-order valence-electron chi connectivity index (χ3n) is 4.66. The number of benzene rings is 1. The van der Waals surface area contributed by atoms with Gasteiger partial charge in [0.25, 0.3) is 0 Å². The first-order valence-electron chi connectivity index (χ1n) is 7.66. The molecule has 22 heavy (non-hydrogen) atoms. The highest BCUT2D eigenvalue weighted by molar-refractivity contribution is 5.30. The molecule has 1 saturated carbocycles. The Balaban J connectivity index is 1.42. The fourth-order valence-electron chi connectivity index (χ4n) is 3.45. The average molecular weight is 313 g/mol. The van der Waals surface area contributed by atoms with Gasteiger partial charge in [0.1, 0.15) is 5.75 Å². The van der Waals surface area contributed by atoms with E-state index in [9.17, 15) is 13.2 Å². The second-order valence-corrected chi connectivity index (χ2v) is 6.10. The smallest absolute Gasteiger partial charge is 0.573 e. The predicted molar refractivity (Wildman–Crippen MR) is 77.6 cm³/mol. The van der Waals surface area contributed by atoms with Gasteiger partial charge in [-0.3, -0.25) is 0 Å². The van der Waals surface area contributed by atoms with Crippen LogP contribution >= 0.6 is 0 Å². The normalized spacial score (nSPS) is 27.7. The molecule has 1 heterocycles. The summed E-state index contributed by atoms with van der Waals surface area (Å²) in [5.41, 5.74) is 0.753. The molecule has 1 aromatic carbocycles. The number of halogens is 3. The van der Waals surface area contributed by atoms with E-state index in [0.717, 1.165) is 30.5 Å². The van der Waals surface area contributed by atoms with Crippen LogP contribution in [0.5, 0.6) is 5.75 Å². The van der Waals surface area contributed by atoms with E-state index in [1.807, 2.05) is 0 Å². The number of piperidine rings is 1. The molecule has 2 atom stereocenters. The first kappa shape index (κ1) is 15.6. The molecule has 0 aromatic heterocycles. The van der Waals surface area contributed by atoms with Crippen molar-refractivity contribution in [3.05, 3.63) is 35.1 Å². The van der Waals surface area contributed by atoms with E-state index in [1.54, 1.807) is 12.1 Å². The van der Waals surface area contributed by atoms with Crippen molar-refractivity contribution in [2.24, 2.45) is 17.8 Å². The minimum absolute atomic E-state index is 0.179. The quantitative estimate of drug-likeness (QED) is 0.801. The van der Waals surface area contributed by atoms with Gasteiger partial charge in [0.05, 0.1) is 0 Å². The van der Waals surface area contributed by atoms with Crippen molar-refractivity contribution in [1.82, 2.24) is 4.90 Å². The topological polar surface area (TPSA) is 26.6 Å². The first-order chi connectivity index (χ1) is 10.5. The van der Waals surface area contributed by atoms with E-state index in [-0.39, 0.29) is 5.75 Å². The van der Waals surface area contributed by atoms with E-state index in [2.05, 4.69) is 21.9 Å². The predicted octanol–water partition coefficient (Wildman–Crippen LogP) is 3.66. The molecule has 3 nitrogen and oxygen atoms in total. The molecule has 0 N–H and O–H groups in total. The number of nitrogens with zero attached hydrogens (tertiary/aromatic N) is 2. The third-order valence-corrected chi connectivity index (χ3v) is 4.66. The highest BCUT2D eigenvalue weighted by atomic mass is 19.4. The summed E-state index contributed by atoms with van der Waals surface area (Å²) >= 11 is 0. The zero-order chi connectivity index (χ0) is 15.7. The molecule has 1 aliphatic carbocycles. The zero-order valence-corrected chi connectivity index (χ0v) is 12.5. The van der Waals surface area contributed by atoms with Crippen LogP contribution in [0, 0.1) is 17.8 Å². The molecule has 122 valence electrons. The highest BCUT2D eigenvalue weighted by Gasteiger charge is 2.52. The van der Waals surface area contributed by atoms with Crippen LogP contribution in [0.25, 0.3) is 5.32 Å². The van der Waals surface area contributed by atoms with Crippen LogP contribution in [0.1, 0.15) is 12.5 Å². The van der Waals surface area contributed by atoms with Gasteiger partial charge in [-0.25, -0.2) is 0 Å². The maximum atomic E-state index is 12.2. The number of ether oxygens (including phenoxy) is 1. The lowest BCUT2D eigenvalue weighted by molar-refractivity contribution is -0.274. The molecule has 2 aliphatic rings. The van der Waals surface area contributed by atoms with Crippen molar-refractivity contribution in [3.63, 3.8) is 0 Å². The SMILES string of the molecule is CCN1CC2C(C[N-]Cc3cccc(OC(F)(F)F)c3)C2C1. The Labute approximate surface area is 128 Å². The molecule has 0 amide bonds. The molecule has 1 saturated heterocycles. The average Bonchev–Trinajstić information content (AvgIpc) is 2.91. The van der Waals surface area contributed by atoms with E-state index >= 15 is 0 Å². The largest absolute Gasteiger partial charge is 0.658 e. The van der Waals surface area contributed by atoms with Crippen LogP contribution in [0.15, 0.2) is 24.3 Å². The van der Waals surface area contributed by atoms with Crippen LogP contribution < -0.4 is 4.74 Å². The molecule has 2 unspecified atom stereocenters. The third kappa shape index (κ3) is 3.73. The fourth-order valence-corrected chi connectivity index (χ4v) is 3.45. The van der Waals surface area contributed by atoms with Crippen LogP contribution in [0.2, 0.25) is 0 Å². The van der Waals surface area contributed by atoms with Gasteiger partial charge in [-0.05, 0) is 30.5 Å². The number of hydrogen-bond acceptors (Lipinski definition) is 2. The van der Waals surface area contributed by atoms with Gasteiger partial charge < -0.3 is 15.0 Å². The van der Waals surface area contributed by atoms with Crippen molar-refractivity contribution >= 4 is 0 Å². The molecular weight excluding hydrogens is 293 g/mol. The lowest BCUT2D eigenvalue weighted by atomic mass is 10.2. The fraction of sp³-hybridized carbons (Fsp3) is 0.625. The number of alkyl halides is 3. The molecule has 1 aromatic rings. The second kappa shape index (κ2) is 6.08. The van der Waals surface area contributed by atoms with Crippen molar-refractivity contribution in [1.29, 1.82) is 0 Å². The van der Waals surface area contributed by atoms with E-state index in [1.165, 1.54) is 25.2 Å². The van der Waals surface area contributed by atoms with Crippen molar-refractivity contribution in [2.45, 2.75) is 19.8 Å². The number of likely N-dealkylation sites (tertiary alicyclic amines) is 1. The monoisotopic (exact) mass is 313 g/mol. The van der Waals surface area contributed by atoms with Crippen molar-refractivity contribution in [3.8, 4) is 5.75 Å². The Hall–Kier alpha value is -1.27. The summed E-state index contributed by atoms with van der Waals surface area (Å²) in [4.78, 5) is 2.46. The number of hydrogen-bond donors (Lipinski definition) is 0. The number of rotatable bonds is 6. The van der Waals surface area contributed by atoms with Crippen molar-refractivity contribution < 1.29 is 17.9 Å². The minimum Gasteiger partial charge on any atom is -0.658 e.